The molecule has 0 unspecified atom stereocenters. The van der Waals surface area contributed by atoms with Crippen molar-refractivity contribution in [3.8, 4) is 17.0 Å². The first-order chi connectivity index (χ1) is 15.9. The van der Waals surface area contributed by atoms with Gasteiger partial charge in [0.2, 0.25) is 5.88 Å². The molecule has 2 aliphatic rings. The Kier molecular flexibility index (Phi) is 5.16. The molecule has 0 saturated heterocycles. The van der Waals surface area contributed by atoms with E-state index in [1.165, 1.54) is 11.1 Å². The summed E-state index contributed by atoms with van der Waals surface area (Å²) in [6.45, 7) is 3.02. The number of aliphatic hydroxyl groups is 1. The van der Waals surface area contributed by atoms with Crippen LogP contribution >= 0.6 is 0 Å². The predicted octanol–water partition coefficient (Wildman–Crippen LogP) is 3.39. The number of hydrogen-bond donors (Lipinski definition) is 4. The summed E-state index contributed by atoms with van der Waals surface area (Å²) in [4.78, 5) is 21.8. The van der Waals surface area contributed by atoms with Crippen LogP contribution in [0.3, 0.4) is 0 Å². The van der Waals surface area contributed by atoms with Gasteiger partial charge >= 0.3 is 6.09 Å². The van der Waals surface area contributed by atoms with E-state index in [0.717, 1.165) is 5.56 Å². The van der Waals surface area contributed by atoms with Gasteiger partial charge in [-0.1, -0.05) is 0 Å². The molecule has 0 spiro atoms. The zero-order chi connectivity index (χ0) is 23.3. The highest BCUT2D eigenvalue weighted by atomic mass is 19.1. The predicted molar refractivity (Wildman–Crippen MR) is 122 cm³/mol. The molecule has 1 aromatic carbocycles. The van der Waals surface area contributed by atoms with Crippen LogP contribution in [0.4, 0.5) is 26.4 Å². The number of nitrogen functional groups attached to an aromatic ring is 1. The molecular weight excluding hydrogens is 429 g/mol. The molecule has 0 atom stereocenters. The molecule has 9 nitrogen and oxygen atoms in total. The van der Waals surface area contributed by atoms with Gasteiger partial charge in [0.15, 0.2) is 5.82 Å². The second-order valence-electron chi connectivity index (χ2n) is 8.49. The van der Waals surface area contributed by atoms with E-state index in [1.807, 2.05) is 6.92 Å². The van der Waals surface area contributed by atoms with Gasteiger partial charge in [-0.25, -0.2) is 19.2 Å². The Morgan fingerprint density at radius 3 is 2.82 bits per heavy atom. The monoisotopic (exact) mass is 453 g/mol. The zero-order valence-electron chi connectivity index (χ0n) is 18.0. The van der Waals surface area contributed by atoms with Crippen LogP contribution < -0.4 is 20.7 Å². The van der Waals surface area contributed by atoms with Gasteiger partial charge in [-0.3, -0.25) is 4.90 Å². The Bertz CT molecular complexity index is 1260. The van der Waals surface area contributed by atoms with Crippen LogP contribution in [-0.2, 0) is 0 Å². The number of nitrogens with one attached hydrogen (secondary N) is 1. The summed E-state index contributed by atoms with van der Waals surface area (Å²) in [6.07, 6.45) is 2.96. The highest BCUT2D eigenvalue weighted by Crippen LogP contribution is 2.40. The Morgan fingerprint density at radius 1 is 1.30 bits per heavy atom. The topological polar surface area (TPSA) is 134 Å². The first kappa shape index (κ1) is 21.2. The molecule has 3 heterocycles. The summed E-state index contributed by atoms with van der Waals surface area (Å²) in [6, 6.07) is 2.99. The van der Waals surface area contributed by atoms with Gasteiger partial charge in [-0.05, 0) is 48.8 Å². The number of amides is 1. The van der Waals surface area contributed by atoms with E-state index in [0.29, 0.717) is 53.9 Å². The lowest BCUT2D eigenvalue weighted by atomic mass is 9.80. The average Bonchev–Trinajstić information content (AvgIpc) is 2.78. The maximum Gasteiger partial charge on any atom is 0.413 e. The van der Waals surface area contributed by atoms with Crippen molar-refractivity contribution in [1.82, 2.24) is 9.97 Å². The third-order valence-electron chi connectivity index (χ3n) is 6.51. The second-order valence-corrected chi connectivity index (χ2v) is 8.49. The molecule has 2 aromatic heterocycles. The summed E-state index contributed by atoms with van der Waals surface area (Å²) in [5, 5.41) is 23.3. The molecule has 0 bridgehead atoms. The van der Waals surface area contributed by atoms with E-state index < -0.39 is 11.9 Å². The van der Waals surface area contributed by atoms with Crippen molar-refractivity contribution in [3.05, 3.63) is 35.9 Å². The number of hydrogen-bond acceptors (Lipinski definition) is 7. The van der Waals surface area contributed by atoms with Gasteiger partial charge in [0.25, 0.3) is 0 Å². The maximum absolute atomic E-state index is 15.3. The average molecular weight is 453 g/mol. The number of nitrogens with two attached hydrogens (primary N) is 1. The lowest BCUT2D eigenvalue weighted by Gasteiger charge is -2.40. The number of ether oxygens (including phenoxy) is 1. The van der Waals surface area contributed by atoms with Crippen LogP contribution in [0.2, 0.25) is 0 Å². The van der Waals surface area contributed by atoms with E-state index in [2.05, 4.69) is 15.3 Å². The molecule has 1 aliphatic heterocycles. The fourth-order valence-corrected chi connectivity index (χ4v) is 4.61. The van der Waals surface area contributed by atoms with Crippen LogP contribution in [0.15, 0.2) is 24.5 Å². The Hall–Kier alpha value is -3.66. The van der Waals surface area contributed by atoms with E-state index in [9.17, 15) is 15.0 Å². The number of nitrogens with zero attached hydrogens (tertiary/aromatic N) is 3. The SMILES string of the molecule is Cc1c(-c2cc3cc(N(C(=O)O)[C@H]4C[C@@H](CO)C4)ncc3c(N)c2F)cnc2c1NCCO2. The van der Waals surface area contributed by atoms with Crippen molar-refractivity contribution in [1.29, 1.82) is 0 Å². The summed E-state index contributed by atoms with van der Waals surface area (Å²) >= 11 is 0. The molecule has 1 fully saturated rings. The lowest BCUT2D eigenvalue weighted by Crippen LogP contribution is -2.48. The molecule has 5 rings (SSSR count). The van der Waals surface area contributed by atoms with Gasteiger partial charge in [0.05, 0.1) is 5.69 Å². The second kappa shape index (κ2) is 8.04. The normalized spacial score (nSPS) is 19.2. The molecule has 10 heteroatoms. The van der Waals surface area contributed by atoms with E-state index in [-0.39, 0.29) is 35.6 Å². The molecule has 1 saturated carbocycles. The highest BCUT2D eigenvalue weighted by Gasteiger charge is 2.37. The molecule has 1 amide bonds. The molecular formula is C23H24FN5O4. The van der Waals surface area contributed by atoms with Crippen LogP contribution in [-0.4, -0.2) is 52.1 Å². The fourth-order valence-electron chi connectivity index (χ4n) is 4.61. The van der Waals surface area contributed by atoms with Crippen LogP contribution in [0.25, 0.3) is 21.9 Å². The third kappa shape index (κ3) is 3.46. The maximum atomic E-state index is 15.3. The Morgan fingerprint density at radius 2 is 2.09 bits per heavy atom. The van der Waals surface area contributed by atoms with Crippen molar-refractivity contribution in [2.45, 2.75) is 25.8 Å². The Labute approximate surface area is 189 Å². The molecule has 172 valence electrons. The van der Waals surface area contributed by atoms with Crippen molar-refractivity contribution >= 4 is 34.1 Å². The molecule has 5 N–H and O–H groups in total. The van der Waals surface area contributed by atoms with Crippen molar-refractivity contribution in [3.63, 3.8) is 0 Å². The summed E-state index contributed by atoms with van der Waals surface area (Å²) in [5.41, 5.74) is 8.40. The number of benzene rings is 1. The number of aromatic nitrogens is 2. The number of anilines is 3. The zero-order valence-corrected chi connectivity index (χ0v) is 18.0. The highest BCUT2D eigenvalue weighted by molar-refractivity contribution is 5.99. The quantitative estimate of drug-likeness (QED) is 0.442. The van der Waals surface area contributed by atoms with Crippen molar-refractivity contribution in [2.75, 3.05) is 35.7 Å². The minimum atomic E-state index is -1.13. The Balaban J connectivity index is 1.61. The van der Waals surface area contributed by atoms with E-state index >= 15 is 4.39 Å². The summed E-state index contributed by atoms with van der Waals surface area (Å²) in [7, 11) is 0. The van der Waals surface area contributed by atoms with E-state index in [1.54, 1.807) is 18.3 Å². The van der Waals surface area contributed by atoms with Gasteiger partial charge in [0.1, 0.15) is 18.1 Å². The number of pyridine rings is 2. The van der Waals surface area contributed by atoms with Gasteiger partial charge in [-0.2, -0.15) is 0 Å². The van der Waals surface area contributed by atoms with Crippen LogP contribution in [0, 0.1) is 18.7 Å². The molecule has 33 heavy (non-hydrogen) atoms. The third-order valence-corrected chi connectivity index (χ3v) is 6.51. The summed E-state index contributed by atoms with van der Waals surface area (Å²) in [5.74, 6) is 0.217. The molecule has 0 radical (unpaired) electrons. The van der Waals surface area contributed by atoms with Gasteiger partial charge in [0, 0.05) is 48.1 Å². The standard InChI is InChI=1S/C23H24FN5O4/c1-11-16(8-28-22-21(11)26-2-3-33-22)15-6-13-7-18(27-9-17(13)20(25)19(15)24)29(23(31)32)14-4-12(5-14)10-30/h6-9,12,14,26,30H,2-5,10,25H2,1H3,(H,31,32)/t12-,14+. The smallest absolute Gasteiger partial charge is 0.413 e. The first-order valence-electron chi connectivity index (χ1n) is 10.8. The minimum Gasteiger partial charge on any atom is -0.474 e. The molecule has 1 aliphatic carbocycles. The van der Waals surface area contributed by atoms with Crippen molar-refractivity contribution < 1.29 is 24.1 Å². The van der Waals surface area contributed by atoms with E-state index in [4.69, 9.17) is 10.5 Å². The number of halogens is 1. The van der Waals surface area contributed by atoms with Crippen molar-refractivity contribution in [2.24, 2.45) is 5.92 Å². The number of fused-ring (bicyclic) bond motifs is 2. The fraction of sp³-hybridized carbons (Fsp3) is 0.348. The van der Waals surface area contributed by atoms with Gasteiger partial charge in [-0.15, -0.1) is 0 Å². The largest absolute Gasteiger partial charge is 0.474 e. The van der Waals surface area contributed by atoms with Crippen LogP contribution in [0.5, 0.6) is 5.88 Å². The number of carboxylic acid groups (broad SMARTS) is 1. The molecule has 3 aromatic rings. The number of aliphatic hydroxyl groups excluding tert-OH is 1. The van der Waals surface area contributed by atoms with Gasteiger partial charge < -0.3 is 26.0 Å². The number of carbonyl (C=O) groups is 1. The minimum absolute atomic E-state index is 0.0301. The first-order valence-corrected chi connectivity index (χ1v) is 10.8. The summed E-state index contributed by atoms with van der Waals surface area (Å²) < 4.78 is 20.9. The van der Waals surface area contributed by atoms with Crippen LogP contribution in [0.1, 0.15) is 18.4 Å². The lowest BCUT2D eigenvalue weighted by molar-refractivity contribution is 0.133. The number of rotatable bonds is 4.